The van der Waals surface area contributed by atoms with E-state index in [1.54, 1.807) is 18.2 Å². The smallest absolute Gasteiger partial charge is 0.317 e. The summed E-state index contributed by atoms with van der Waals surface area (Å²) in [5, 5.41) is 5.73. The third-order valence-electron chi connectivity index (χ3n) is 3.88. The van der Waals surface area contributed by atoms with Crippen molar-refractivity contribution >= 4 is 23.3 Å². The molecule has 1 N–H and O–H groups in total. The van der Waals surface area contributed by atoms with Crippen LogP contribution in [0, 0.1) is 5.92 Å². The molecule has 8 heteroatoms. The molecule has 1 aromatic rings. The second kappa shape index (κ2) is 8.83. The molecule has 1 aromatic heterocycles. The van der Waals surface area contributed by atoms with Gasteiger partial charge in [0.05, 0.1) is 13.2 Å². The molecular formula is C15H24N4O3S. The number of amides is 3. The Morgan fingerprint density at radius 1 is 1.61 bits per heavy atom. The van der Waals surface area contributed by atoms with Crippen LogP contribution in [0.15, 0.2) is 11.6 Å². The van der Waals surface area contributed by atoms with Crippen molar-refractivity contribution in [2.75, 3.05) is 39.9 Å². The topological polar surface area (TPSA) is 74.8 Å². The lowest BCUT2D eigenvalue weighted by Gasteiger charge is -2.23. The van der Waals surface area contributed by atoms with E-state index in [0.29, 0.717) is 32.7 Å². The van der Waals surface area contributed by atoms with Crippen molar-refractivity contribution in [3.63, 3.8) is 0 Å². The maximum Gasteiger partial charge on any atom is 0.317 e. The van der Waals surface area contributed by atoms with Gasteiger partial charge < -0.3 is 19.9 Å². The zero-order valence-electron chi connectivity index (χ0n) is 13.7. The number of thiazole rings is 1. The molecule has 2 rings (SSSR count). The highest BCUT2D eigenvalue weighted by Gasteiger charge is 2.28. The van der Waals surface area contributed by atoms with E-state index < -0.39 is 0 Å². The molecule has 0 aromatic carbocycles. The van der Waals surface area contributed by atoms with Crippen molar-refractivity contribution in [2.45, 2.75) is 19.9 Å². The molecule has 0 unspecified atom stereocenters. The fourth-order valence-electron chi connectivity index (χ4n) is 2.59. The van der Waals surface area contributed by atoms with E-state index in [-0.39, 0.29) is 17.9 Å². The van der Waals surface area contributed by atoms with Gasteiger partial charge in [0.25, 0.3) is 0 Å². The van der Waals surface area contributed by atoms with Crippen molar-refractivity contribution in [3.8, 4) is 0 Å². The summed E-state index contributed by atoms with van der Waals surface area (Å²) in [5.74, 6) is 0.362. The van der Waals surface area contributed by atoms with Gasteiger partial charge in [0.15, 0.2) is 0 Å². The van der Waals surface area contributed by atoms with Gasteiger partial charge in [-0.05, 0) is 6.92 Å². The average molecular weight is 340 g/mol. The molecular weight excluding hydrogens is 316 g/mol. The van der Waals surface area contributed by atoms with Gasteiger partial charge in [-0.25, -0.2) is 9.78 Å². The van der Waals surface area contributed by atoms with E-state index in [2.05, 4.69) is 10.3 Å². The van der Waals surface area contributed by atoms with Gasteiger partial charge in [-0.3, -0.25) is 4.79 Å². The van der Waals surface area contributed by atoms with Crippen LogP contribution in [0.25, 0.3) is 0 Å². The molecule has 1 aliphatic rings. The van der Waals surface area contributed by atoms with Crippen LogP contribution in [0.2, 0.25) is 0 Å². The van der Waals surface area contributed by atoms with Crippen LogP contribution in [0.4, 0.5) is 4.79 Å². The SMILES string of the molecule is CCN1C[C@H](CNC(=O)N(CCOC)Cc2nccs2)CC1=O. The number of nitrogens with zero attached hydrogens (tertiary/aromatic N) is 3. The molecule has 0 bridgehead atoms. The summed E-state index contributed by atoms with van der Waals surface area (Å²) in [5.41, 5.74) is 0. The maximum absolute atomic E-state index is 12.4. The molecule has 1 aliphatic heterocycles. The Bertz CT molecular complexity index is 509. The van der Waals surface area contributed by atoms with E-state index in [9.17, 15) is 9.59 Å². The number of carbonyl (C=O) groups excluding carboxylic acids is 2. The van der Waals surface area contributed by atoms with Crippen LogP contribution < -0.4 is 5.32 Å². The standard InChI is InChI=1S/C15H24N4O3S/c1-3-18-10-12(8-14(18)20)9-17-15(21)19(5-6-22-2)11-13-16-4-7-23-13/h4,7,12H,3,5-6,8-11H2,1-2H3,(H,17,21)/t12-/m0/s1. The molecule has 2 heterocycles. The summed E-state index contributed by atoms with van der Waals surface area (Å²) < 4.78 is 5.07. The third kappa shape index (κ3) is 5.18. The van der Waals surface area contributed by atoms with Gasteiger partial charge in [0.1, 0.15) is 5.01 Å². The molecule has 7 nitrogen and oxygen atoms in total. The van der Waals surface area contributed by atoms with E-state index in [1.165, 1.54) is 11.3 Å². The largest absolute Gasteiger partial charge is 0.383 e. The van der Waals surface area contributed by atoms with Crippen molar-refractivity contribution in [1.29, 1.82) is 0 Å². The number of hydrogen-bond acceptors (Lipinski definition) is 5. The van der Waals surface area contributed by atoms with Crippen molar-refractivity contribution in [2.24, 2.45) is 5.92 Å². The fraction of sp³-hybridized carbons (Fsp3) is 0.667. The average Bonchev–Trinajstić information content (AvgIpc) is 3.18. The van der Waals surface area contributed by atoms with Crippen molar-refractivity contribution < 1.29 is 14.3 Å². The molecule has 1 atom stereocenters. The lowest BCUT2D eigenvalue weighted by molar-refractivity contribution is -0.127. The number of ether oxygens (including phenoxy) is 1. The number of nitrogens with one attached hydrogen (secondary N) is 1. The molecule has 23 heavy (non-hydrogen) atoms. The Balaban J connectivity index is 1.83. The summed E-state index contributed by atoms with van der Waals surface area (Å²) in [6, 6.07) is -0.139. The number of hydrogen-bond donors (Lipinski definition) is 1. The van der Waals surface area contributed by atoms with Crippen LogP contribution in [0.3, 0.4) is 0 Å². The summed E-state index contributed by atoms with van der Waals surface area (Å²) in [7, 11) is 1.61. The van der Waals surface area contributed by atoms with Crippen LogP contribution >= 0.6 is 11.3 Å². The van der Waals surface area contributed by atoms with E-state index in [0.717, 1.165) is 18.1 Å². The van der Waals surface area contributed by atoms with E-state index >= 15 is 0 Å². The quantitative estimate of drug-likeness (QED) is 0.771. The van der Waals surface area contributed by atoms with Crippen LogP contribution in [-0.2, 0) is 16.1 Å². The minimum Gasteiger partial charge on any atom is -0.383 e. The molecule has 3 amide bonds. The van der Waals surface area contributed by atoms with E-state index in [1.807, 2.05) is 17.2 Å². The van der Waals surface area contributed by atoms with Crippen molar-refractivity contribution in [1.82, 2.24) is 20.1 Å². The second-order valence-corrected chi connectivity index (χ2v) is 6.51. The number of rotatable bonds is 8. The van der Waals surface area contributed by atoms with Gasteiger partial charge in [-0.1, -0.05) is 0 Å². The number of urea groups is 1. The van der Waals surface area contributed by atoms with Gasteiger partial charge >= 0.3 is 6.03 Å². The first-order valence-corrected chi connectivity index (χ1v) is 8.69. The first-order chi connectivity index (χ1) is 11.1. The molecule has 0 aliphatic carbocycles. The monoisotopic (exact) mass is 340 g/mol. The maximum atomic E-state index is 12.4. The number of aromatic nitrogens is 1. The number of methoxy groups -OCH3 is 1. The first kappa shape index (κ1) is 17.7. The van der Waals surface area contributed by atoms with E-state index in [4.69, 9.17) is 4.74 Å². The van der Waals surface area contributed by atoms with Gasteiger partial charge in [-0.2, -0.15) is 0 Å². The Kier molecular flexibility index (Phi) is 6.79. The molecule has 128 valence electrons. The number of carbonyl (C=O) groups is 2. The molecule has 0 saturated carbocycles. The molecule has 1 fully saturated rings. The molecule has 1 saturated heterocycles. The highest BCUT2D eigenvalue weighted by atomic mass is 32.1. The normalized spacial score (nSPS) is 17.6. The van der Waals surface area contributed by atoms with Gasteiger partial charge in [0, 0.05) is 57.2 Å². The summed E-state index contributed by atoms with van der Waals surface area (Å²) in [6.07, 6.45) is 2.24. The van der Waals surface area contributed by atoms with Crippen LogP contribution in [-0.4, -0.2) is 66.6 Å². The zero-order chi connectivity index (χ0) is 16.7. The Hall–Kier alpha value is -1.67. The highest BCUT2D eigenvalue weighted by Crippen LogP contribution is 2.16. The second-order valence-electron chi connectivity index (χ2n) is 5.53. The van der Waals surface area contributed by atoms with Gasteiger partial charge in [0.2, 0.25) is 5.91 Å². The minimum absolute atomic E-state index is 0.139. The highest BCUT2D eigenvalue weighted by molar-refractivity contribution is 7.09. The van der Waals surface area contributed by atoms with Crippen LogP contribution in [0.1, 0.15) is 18.4 Å². The number of likely N-dealkylation sites (tertiary alicyclic amines) is 1. The molecule has 0 radical (unpaired) electrons. The fourth-order valence-corrected chi connectivity index (χ4v) is 3.22. The third-order valence-corrected chi connectivity index (χ3v) is 4.64. The minimum atomic E-state index is -0.139. The predicted molar refractivity (Wildman–Crippen MR) is 88.2 cm³/mol. The van der Waals surface area contributed by atoms with Crippen LogP contribution in [0.5, 0.6) is 0 Å². The van der Waals surface area contributed by atoms with Gasteiger partial charge in [-0.15, -0.1) is 11.3 Å². The van der Waals surface area contributed by atoms with Crippen molar-refractivity contribution in [3.05, 3.63) is 16.6 Å². The Labute approximate surface area is 140 Å². The summed E-state index contributed by atoms with van der Waals surface area (Å²) in [6.45, 7) is 5.39. The lowest BCUT2D eigenvalue weighted by Crippen LogP contribution is -2.43. The first-order valence-electron chi connectivity index (χ1n) is 7.81. The summed E-state index contributed by atoms with van der Waals surface area (Å²) >= 11 is 1.52. The predicted octanol–water partition coefficient (Wildman–Crippen LogP) is 1.17. The Morgan fingerprint density at radius 2 is 2.43 bits per heavy atom. The molecule has 0 spiro atoms. The lowest BCUT2D eigenvalue weighted by atomic mass is 10.1. The zero-order valence-corrected chi connectivity index (χ0v) is 14.5. The Morgan fingerprint density at radius 3 is 3.04 bits per heavy atom. The summed E-state index contributed by atoms with van der Waals surface area (Å²) in [4.78, 5) is 31.9.